The van der Waals surface area contributed by atoms with Crippen molar-refractivity contribution in [1.82, 2.24) is 9.38 Å². The molecule has 0 spiro atoms. The number of benzene rings is 1. The third-order valence-corrected chi connectivity index (χ3v) is 4.16. The Balaban J connectivity index is 2.05. The van der Waals surface area contributed by atoms with E-state index >= 15 is 0 Å². The molecular weight excluding hydrogens is 305 g/mol. The van der Waals surface area contributed by atoms with Crippen LogP contribution in [0.5, 0.6) is 0 Å². The molecule has 1 aromatic carbocycles. The second-order valence-electron chi connectivity index (χ2n) is 4.50. The molecule has 0 radical (unpaired) electrons. The molecule has 0 fully saturated rings. The number of hydrogen-bond acceptors (Lipinski definition) is 5. The molecule has 5 nitrogen and oxygen atoms in total. The summed E-state index contributed by atoms with van der Waals surface area (Å²) in [6.45, 7) is 0. The predicted molar refractivity (Wildman–Crippen MR) is 81.5 cm³/mol. The molecule has 3 rings (SSSR count). The second-order valence-corrected chi connectivity index (χ2v) is 5.56. The highest BCUT2D eigenvalue weighted by Crippen LogP contribution is 2.32. The Morgan fingerprint density at radius 1 is 1.27 bits per heavy atom. The van der Waals surface area contributed by atoms with Crippen molar-refractivity contribution < 1.29 is 13.9 Å². The summed E-state index contributed by atoms with van der Waals surface area (Å²) in [7, 11) is 1.32. The predicted octanol–water partition coefficient (Wildman–Crippen LogP) is 2.99. The van der Waals surface area contributed by atoms with Crippen LogP contribution in [-0.4, -0.2) is 22.5 Å². The van der Waals surface area contributed by atoms with Crippen molar-refractivity contribution in [3.63, 3.8) is 0 Å². The fourth-order valence-corrected chi connectivity index (χ4v) is 2.89. The number of imidazole rings is 1. The average molecular weight is 317 g/mol. The van der Waals surface area contributed by atoms with Gasteiger partial charge < -0.3 is 10.5 Å². The average Bonchev–Trinajstić information content (AvgIpc) is 2.84. The molecule has 2 N–H and O–H groups in total. The van der Waals surface area contributed by atoms with Crippen LogP contribution in [0.1, 0.15) is 10.4 Å². The van der Waals surface area contributed by atoms with Crippen molar-refractivity contribution in [3.05, 3.63) is 54.0 Å². The minimum atomic E-state index is -0.438. The van der Waals surface area contributed by atoms with Gasteiger partial charge in [0.25, 0.3) is 0 Å². The van der Waals surface area contributed by atoms with Gasteiger partial charge in [0.1, 0.15) is 16.5 Å². The quantitative estimate of drug-likeness (QED) is 0.752. The van der Waals surface area contributed by atoms with Crippen LogP contribution in [0.3, 0.4) is 0 Å². The van der Waals surface area contributed by atoms with Gasteiger partial charge in [-0.2, -0.15) is 0 Å². The molecule has 0 atom stereocenters. The van der Waals surface area contributed by atoms with Crippen molar-refractivity contribution in [2.45, 2.75) is 9.92 Å². The molecule has 0 bridgehead atoms. The van der Waals surface area contributed by atoms with Gasteiger partial charge in [-0.3, -0.25) is 4.40 Å². The molecule has 22 heavy (non-hydrogen) atoms. The smallest absolute Gasteiger partial charge is 0.339 e. The maximum atomic E-state index is 13.0. The van der Waals surface area contributed by atoms with Gasteiger partial charge in [-0.05, 0) is 36.4 Å². The fourth-order valence-electron chi connectivity index (χ4n) is 2.00. The zero-order chi connectivity index (χ0) is 15.7. The Morgan fingerprint density at radius 2 is 2.00 bits per heavy atom. The number of carbonyl (C=O) groups is 1. The monoisotopic (exact) mass is 317 g/mol. The van der Waals surface area contributed by atoms with E-state index in [-0.39, 0.29) is 5.82 Å². The highest BCUT2D eigenvalue weighted by atomic mass is 32.2. The molecule has 0 saturated carbocycles. The van der Waals surface area contributed by atoms with E-state index in [1.165, 1.54) is 31.0 Å². The van der Waals surface area contributed by atoms with Crippen molar-refractivity contribution in [1.29, 1.82) is 0 Å². The minimum absolute atomic E-state index is 0.302. The second kappa shape index (κ2) is 5.69. The number of hydrogen-bond donors (Lipinski definition) is 1. The van der Waals surface area contributed by atoms with Crippen LogP contribution in [0.25, 0.3) is 5.65 Å². The summed E-state index contributed by atoms with van der Waals surface area (Å²) >= 11 is 1.34. The van der Waals surface area contributed by atoms with Gasteiger partial charge in [0, 0.05) is 11.1 Å². The summed E-state index contributed by atoms with van der Waals surface area (Å²) in [5.41, 5.74) is 6.96. The fraction of sp³-hybridized carbons (Fsp3) is 0.0667. The molecule has 7 heteroatoms. The van der Waals surface area contributed by atoms with Crippen molar-refractivity contribution in [3.8, 4) is 0 Å². The maximum Gasteiger partial charge on any atom is 0.339 e. The van der Waals surface area contributed by atoms with E-state index in [2.05, 4.69) is 4.98 Å². The topological polar surface area (TPSA) is 69.6 Å². The van der Waals surface area contributed by atoms with Crippen molar-refractivity contribution in [2.75, 3.05) is 12.8 Å². The normalized spacial score (nSPS) is 10.8. The number of aromatic nitrogens is 2. The molecular formula is C15H12FN3O2S. The van der Waals surface area contributed by atoms with Gasteiger partial charge in [-0.15, -0.1) is 0 Å². The number of ether oxygens (including phenoxy) is 1. The molecule has 0 saturated heterocycles. The Labute approximate surface area is 129 Å². The Bertz CT molecular complexity index is 846. The number of rotatable bonds is 3. The van der Waals surface area contributed by atoms with Gasteiger partial charge in [0.05, 0.1) is 12.7 Å². The number of esters is 1. The number of fused-ring (bicyclic) bond motifs is 1. The molecule has 0 aliphatic rings. The number of nitrogen functional groups attached to an aromatic ring is 1. The van der Waals surface area contributed by atoms with Gasteiger partial charge in [-0.25, -0.2) is 14.2 Å². The first kappa shape index (κ1) is 14.4. The Kier molecular flexibility index (Phi) is 3.72. The van der Waals surface area contributed by atoms with E-state index in [1.807, 2.05) is 0 Å². The van der Waals surface area contributed by atoms with Gasteiger partial charge in [-0.1, -0.05) is 11.8 Å². The van der Waals surface area contributed by atoms with E-state index in [0.717, 1.165) is 4.90 Å². The minimum Gasteiger partial charge on any atom is -0.465 e. The van der Waals surface area contributed by atoms with Crippen LogP contribution < -0.4 is 5.73 Å². The zero-order valence-corrected chi connectivity index (χ0v) is 12.4. The van der Waals surface area contributed by atoms with E-state index < -0.39 is 5.97 Å². The first-order chi connectivity index (χ1) is 10.6. The lowest BCUT2D eigenvalue weighted by Gasteiger charge is -2.05. The lowest BCUT2D eigenvalue weighted by Crippen LogP contribution is -2.03. The lowest BCUT2D eigenvalue weighted by atomic mass is 10.3. The van der Waals surface area contributed by atoms with E-state index in [1.54, 1.807) is 34.9 Å². The standard InChI is InChI=1S/C15H12FN3O2S/c1-21-15(20)9-2-7-12-18-13(17)14(19(12)8-9)22-11-5-3-10(16)4-6-11/h2-8H,17H2,1H3. The van der Waals surface area contributed by atoms with Crippen LogP contribution in [0.2, 0.25) is 0 Å². The van der Waals surface area contributed by atoms with E-state index in [0.29, 0.717) is 22.1 Å². The van der Waals surface area contributed by atoms with Crippen molar-refractivity contribution in [2.24, 2.45) is 0 Å². The Morgan fingerprint density at radius 3 is 2.68 bits per heavy atom. The number of pyridine rings is 1. The molecule has 2 heterocycles. The molecule has 0 amide bonds. The first-order valence-electron chi connectivity index (χ1n) is 6.38. The molecule has 0 aliphatic heterocycles. The number of methoxy groups -OCH3 is 1. The summed E-state index contributed by atoms with van der Waals surface area (Å²) < 4.78 is 19.4. The summed E-state index contributed by atoms with van der Waals surface area (Å²) in [5.74, 6) is -0.397. The summed E-state index contributed by atoms with van der Waals surface area (Å²) in [5, 5.41) is 0.660. The Hall–Kier alpha value is -2.54. The highest BCUT2D eigenvalue weighted by Gasteiger charge is 2.14. The third kappa shape index (κ3) is 2.62. The largest absolute Gasteiger partial charge is 0.465 e. The van der Waals surface area contributed by atoms with Gasteiger partial charge in [0.15, 0.2) is 5.82 Å². The number of anilines is 1. The van der Waals surface area contributed by atoms with E-state index in [4.69, 9.17) is 10.5 Å². The zero-order valence-electron chi connectivity index (χ0n) is 11.6. The number of nitrogens with two attached hydrogens (primary N) is 1. The third-order valence-electron chi connectivity index (χ3n) is 3.05. The molecule has 112 valence electrons. The maximum absolute atomic E-state index is 13.0. The molecule has 0 unspecified atom stereocenters. The lowest BCUT2D eigenvalue weighted by molar-refractivity contribution is 0.0600. The van der Waals surface area contributed by atoms with Crippen LogP contribution in [0.4, 0.5) is 10.2 Å². The number of halogens is 1. The summed E-state index contributed by atoms with van der Waals surface area (Å²) in [6.07, 6.45) is 1.62. The molecule has 0 aliphatic carbocycles. The van der Waals surface area contributed by atoms with Crippen LogP contribution in [-0.2, 0) is 4.74 Å². The van der Waals surface area contributed by atoms with Crippen LogP contribution >= 0.6 is 11.8 Å². The van der Waals surface area contributed by atoms with E-state index in [9.17, 15) is 9.18 Å². The van der Waals surface area contributed by atoms with Crippen LogP contribution in [0, 0.1) is 5.82 Å². The van der Waals surface area contributed by atoms with Crippen molar-refractivity contribution >= 4 is 29.2 Å². The number of carbonyl (C=O) groups excluding carboxylic acids is 1. The first-order valence-corrected chi connectivity index (χ1v) is 7.19. The SMILES string of the molecule is COC(=O)c1ccc2nc(N)c(Sc3ccc(F)cc3)n2c1. The molecule has 3 aromatic rings. The number of nitrogens with zero attached hydrogens (tertiary/aromatic N) is 2. The highest BCUT2D eigenvalue weighted by molar-refractivity contribution is 7.99. The van der Waals surface area contributed by atoms with Gasteiger partial charge in [0.2, 0.25) is 0 Å². The summed E-state index contributed by atoms with van der Waals surface area (Å²) in [6, 6.07) is 9.38. The summed E-state index contributed by atoms with van der Waals surface area (Å²) in [4.78, 5) is 16.7. The molecule has 2 aromatic heterocycles. The van der Waals surface area contributed by atoms with Crippen LogP contribution in [0.15, 0.2) is 52.5 Å². The van der Waals surface area contributed by atoms with Gasteiger partial charge >= 0.3 is 5.97 Å².